The Morgan fingerprint density at radius 3 is 2.58 bits per heavy atom. The van der Waals surface area contributed by atoms with Crippen molar-refractivity contribution in [2.24, 2.45) is 0 Å². The molecule has 102 valence electrons. The zero-order valence-corrected chi connectivity index (χ0v) is 11.7. The third kappa shape index (κ3) is 3.91. The number of nitrogens with zero attached hydrogens (tertiary/aromatic N) is 2. The summed E-state index contributed by atoms with van der Waals surface area (Å²) in [6.07, 6.45) is 2.10. The Kier molecular flexibility index (Phi) is 5.12. The molecule has 0 amide bonds. The van der Waals surface area contributed by atoms with Crippen molar-refractivity contribution in [1.29, 1.82) is 0 Å². The standard InChI is InChI=1S/C15H22N4/c1-3-16-9-10-17-11-14-12-19(18-13(14)2)15-7-5-4-6-8-15/h4-8,12,16-17H,3,9-11H2,1-2H3. The minimum Gasteiger partial charge on any atom is -0.316 e. The fourth-order valence-corrected chi connectivity index (χ4v) is 1.96. The van der Waals surface area contributed by atoms with E-state index < -0.39 is 0 Å². The van der Waals surface area contributed by atoms with Gasteiger partial charge in [-0.1, -0.05) is 25.1 Å². The average Bonchev–Trinajstić information content (AvgIpc) is 2.81. The van der Waals surface area contributed by atoms with Gasteiger partial charge in [-0.25, -0.2) is 4.68 Å². The largest absolute Gasteiger partial charge is 0.316 e. The van der Waals surface area contributed by atoms with Gasteiger partial charge in [0.05, 0.1) is 11.4 Å². The van der Waals surface area contributed by atoms with Crippen LogP contribution in [0.2, 0.25) is 0 Å². The number of aryl methyl sites for hydroxylation is 1. The topological polar surface area (TPSA) is 41.9 Å². The quantitative estimate of drug-likeness (QED) is 0.745. The van der Waals surface area contributed by atoms with E-state index in [4.69, 9.17) is 0 Å². The van der Waals surface area contributed by atoms with Crippen LogP contribution in [0.5, 0.6) is 0 Å². The Morgan fingerprint density at radius 1 is 1.11 bits per heavy atom. The van der Waals surface area contributed by atoms with Crippen LogP contribution in [-0.4, -0.2) is 29.4 Å². The van der Waals surface area contributed by atoms with Crippen molar-refractivity contribution < 1.29 is 0 Å². The number of aromatic nitrogens is 2. The van der Waals surface area contributed by atoms with Crippen molar-refractivity contribution in [3.05, 3.63) is 47.8 Å². The molecule has 0 bridgehead atoms. The molecule has 0 radical (unpaired) electrons. The Balaban J connectivity index is 1.94. The van der Waals surface area contributed by atoms with Gasteiger partial charge < -0.3 is 10.6 Å². The number of hydrogen-bond acceptors (Lipinski definition) is 3. The maximum absolute atomic E-state index is 4.56. The summed E-state index contributed by atoms with van der Waals surface area (Å²) in [5.41, 5.74) is 3.43. The van der Waals surface area contributed by atoms with Gasteiger partial charge in [0.15, 0.2) is 0 Å². The molecule has 0 fully saturated rings. The van der Waals surface area contributed by atoms with Gasteiger partial charge >= 0.3 is 0 Å². The summed E-state index contributed by atoms with van der Waals surface area (Å²) in [6.45, 7) is 8.04. The van der Waals surface area contributed by atoms with Crippen LogP contribution in [0.4, 0.5) is 0 Å². The molecule has 2 aromatic rings. The molecule has 2 N–H and O–H groups in total. The number of likely N-dealkylation sites (N-methyl/N-ethyl adjacent to an activating group) is 1. The van der Waals surface area contributed by atoms with E-state index in [1.54, 1.807) is 0 Å². The molecule has 1 heterocycles. The molecule has 0 saturated heterocycles. The third-order valence-corrected chi connectivity index (χ3v) is 3.07. The molecular formula is C15H22N4. The van der Waals surface area contributed by atoms with E-state index in [2.05, 4.69) is 47.9 Å². The molecule has 0 aliphatic carbocycles. The molecule has 0 saturated carbocycles. The van der Waals surface area contributed by atoms with Crippen LogP contribution >= 0.6 is 0 Å². The van der Waals surface area contributed by atoms with Gasteiger partial charge in [0, 0.05) is 31.4 Å². The SMILES string of the molecule is CCNCCNCc1cn(-c2ccccc2)nc1C. The minimum atomic E-state index is 0.865. The summed E-state index contributed by atoms with van der Waals surface area (Å²) < 4.78 is 1.94. The molecule has 0 unspecified atom stereocenters. The summed E-state index contributed by atoms with van der Waals surface area (Å²) in [5, 5.41) is 11.3. The predicted molar refractivity (Wildman–Crippen MR) is 78.6 cm³/mol. The van der Waals surface area contributed by atoms with E-state index in [9.17, 15) is 0 Å². The van der Waals surface area contributed by atoms with Crippen molar-refractivity contribution in [3.8, 4) is 5.69 Å². The molecule has 4 nitrogen and oxygen atoms in total. The Labute approximate surface area is 114 Å². The van der Waals surface area contributed by atoms with Gasteiger partial charge in [-0.3, -0.25) is 0 Å². The van der Waals surface area contributed by atoms with Crippen molar-refractivity contribution in [3.63, 3.8) is 0 Å². The molecule has 0 aliphatic rings. The van der Waals surface area contributed by atoms with Crippen LogP contribution in [0.3, 0.4) is 0 Å². The first-order chi connectivity index (χ1) is 9.31. The maximum atomic E-state index is 4.56. The predicted octanol–water partition coefficient (Wildman–Crippen LogP) is 1.88. The molecule has 1 aromatic heterocycles. The first-order valence-electron chi connectivity index (χ1n) is 6.83. The number of para-hydroxylation sites is 1. The second-order valence-electron chi connectivity index (χ2n) is 4.55. The highest BCUT2D eigenvalue weighted by atomic mass is 15.3. The smallest absolute Gasteiger partial charge is 0.0645 e. The lowest BCUT2D eigenvalue weighted by Gasteiger charge is -2.03. The first-order valence-corrected chi connectivity index (χ1v) is 6.83. The van der Waals surface area contributed by atoms with Crippen molar-refractivity contribution in [1.82, 2.24) is 20.4 Å². The summed E-state index contributed by atoms with van der Waals surface area (Å²) >= 11 is 0. The minimum absolute atomic E-state index is 0.865. The summed E-state index contributed by atoms with van der Waals surface area (Å²) in [4.78, 5) is 0. The number of benzene rings is 1. The highest BCUT2D eigenvalue weighted by Gasteiger charge is 2.05. The van der Waals surface area contributed by atoms with Crippen LogP contribution in [0, 0.1) is 6.92 Å². The Morgan fingerprint density at radius 2 is 1.84 bits per heavy atom. The number of rotatable bonds is 7. The van der Waals surface area contributed by atoms with Gasteiger partial charge in [-0.15, -0.1) is 0 Å². The lowest BCUT2D eigenvalue weighted by atomic mass is 10.2. The summed E-state index contributed by atoms with van der Waals surface area (Å²) in [7, 11) is 0. The molecule has 0 atom stereocenters. The van der Waals surface area contributed by atoms with Gasteiger partial charge in [-0.2, -0.15) is 5.10 Å². The Bertz CT molecular complexity index is 490. The van der Waals surface area contributed by atoms with E-state index in [0.717, 1.165) is 37.6 Å². The molecule has 19 heavy (non-hydrogen) atoms. The van der Waals surface area contributed by atoms with Gasteiger partial charge in [0.1, 0.15) is 0 Å². The molecular weight excluding hydrogens is 236 g/mol. The number of nitrogens with one attached hydrogen (secondary N) is 2. The third-order valence-electron chi connectivity index (χ3n) is 3.07. The van der Waals surface area contributed by atoms with E-state index in [1.807, 2.05) is 22.9 Å². The highest BCUT2D eigenvalue weighted by Crippen LogP contribution is 2.11. The van der Waals surface area contributed by atoms with Gasteiger partial charge in [0.25, 0.3) is 0 Å². The van der Waals surface area contributed by atoms with Gasteiger partial charge in [0.2, 0.25) is 0 Å². The van der Waals surface area contributed by atoms with E-state index >= 15 is 0 Å². The monoisotopic (exact) mass is 258 g/mol. The zero-order valence-electron chi connectivity index (χ0n) is 11.7. The van der Waals surface area contributed by atoms with Gasteiger partial charge in [-0.05, 0) is 25.6 Å². The molecule has 2 rings (SSSR count). The molecule has 0 aliphatic heterocycles. The second kappa shape index (κ2) is 7.07. The van der Waals surface area contributed by atoms with Crippen LogP contribution in [0.1, 0.15) is 18.2 Å². The lowest BCUT2D eigenvalue weighted by Crippen LogP contribution is -2.26. The van der Waals surface area contributed by atoms with Crippen molar-refractivity contribution >= 4 is 0 Å². The van der Waals surface area contributed by atoms with Crippen LogP contribution in [0.25, 0.3) is 5.69 Å². The molecule has 0 spiro atoms. The number of hydrogen-bond donors (Lipinski definition) is 2. The fourth-order valence-electron chi connectivity index (χ4n) is 1.96. The lowest BCUT2D eigenvalue weighted by molar-refractivity contribution is 0.624. The van der Waals surface area contributed by atoms with Crippen LogP contribution in [-0.2, 0) is 6.54 Å². The molecule has 4 heteroatoms. The van der Waals surface area contributed by atoms with E-state index in [-0.39, 0.29) is 0 Å². The highest BCUT2D eigenvalue weighted by molar-refractivity contribution is 5.32. The summed E-state index contributed by atoms with van der Waals surface area (Å²) in [5.74, 6) is 0. The second-order valence-corrected chi connectivity index (χ2v) is 4.55. The molecule has 1 aromatic carbocycles. The van der Waals surface area contributed by atoms with Crippen molar-refractivity contribution in [2.45, 2.75) is 20.4 Å². The normalized spacial score (nSPS) is 10.8. The zero-order chi connectivity index (χ0) is 13.5. The van der Waals surface area contributed by atoms with E-state index in [0.29, 0.717) is 0 Å². The first kappa shape index (κ1) is 13.8. The van der Waals surface area contributed by atoms with Crippen LogP contribution < -0.4 is 10.6 Å². The summed E-state index contributed by atoms with van der Waals surface area (Å²) in [6, 6.07) is 10.2. The fraction of sp³-hybridized carbons (Fsp3) is 0.400. The average molecular weight is 258 g/mol. The van der Waals surface area contributed by atoms with Crippen molar-refractivity contribution in [2.75, 3.05) is 19.6 Å². The Hall–Kier alpha value is -1.65. The van der Waals surface area contributed by atoms with E-state index in [1.165, 1.54) is 5.56 Å². The maximum Gasteiger partial charge on any atom is 0.0645 e. The van der Waals surface area contributed by atoms with Crippen LogP contribution in [0.15, 0.2) is 36.5 Å².